The number of carbonyl (C=O) groups excluding carboxylic acids is 3. The van der Waals surface area contributed by atoms with Gasteiger partial charge in [-0.25, -0.2) is 0 Å². The van der Waals surface area contributed by atoms with Crippen LogP contribution >= 0.6 is 11.6 Å². The normalized spacial score (nSPS) is 20.9. The lowest BCUT2D eigenvalue weighted by Crippen LogP contribution is -2.39. The molecule has 2 rings (SSSR count). The van der Waals surface area contributed by atoms with Crippen molar-refractivity contribution in [1.82, 2.24) is 0 Å². The topological polar surface area (TPSA) is 94.3 Å². The molecule has 0 amide bonds. The summed E-state index contributed by atoms with van der Waals surface area (Å²) in [4.78, 5) is 47.6. The molecule has 1 aromatic carbocycles. The average molecular weight is 352 g/mol. The molecule has 0 aromatic heterocycles. The molecule has 0 atom stereocenters. The molecular weight excluding hydrogens is 334 g/mol. The van der Waals surface area contributed by atoms with E-state index in [1.165, 1.54) is 12.1 Å². The monoisotopic (exact) mass is 351 g/mol. The largest absolute Gasteiger partial charge is 0.298 e. The Morgan fingerprint density at radius 1 is 1.29 bits per heavy atom. The van der Waals surface area contributed by atoms with Gasteiger partial charge in [0.25, 0.3) is 5.69 Å². The van der Waals surface area contributed by atoms with Crippen LogP contribution in [0.2, 0.25) is 5.02 Å². The Labute approximate surface area is 144 Å². The molecule has 7 heteroatoms. The lowest BCUT2D eigenvalue weighted by atomic mass is 9.75. The second kappa shape index (κ2) is 7.66. The van der Waals surface area contributed by atoms with Crippen molar-refractivity contribution in [2.24, 2.45) is 11.8 Å². The number of nitro benzene ring substituents is 1. The molecule has 0 spiro atoms. The van der Waals surface area contributed by atoms with Crippen LogP contribution in [0.15, 0.2) is 18.2 Å². The first-order chi connectivity index (χ1) is 11.3. The van der Waals surface area contributed by atoms with Crippen LogP contribution in [0.3, 0.4) is 0 Å². The maximum absolute atomic E-state index is 12.6. The van der Waals surface area contributed by atoms with E-state index in [4.69, 9.17) is 11.6 Å². The highest BCUT2D eigenvalue weighted by molar-refractivity contribution is 6.31. The molecule has 1 aromatic rings. The summed E-state index contributed by atoms with van der Waals surface area (Å²) in [7, 11) is 0. The summed E-state index contributed by atoms with van der Waals surface area (Å²) in [5, 5.41) is 11.2. The number of nitrogens with zero attached hydrogens (tertiary/aromatic N) is 1. The fourth-order valence-electron chi connectivity index (χ4n) is 3.07. The van der Waals surface area contributed by atoms with Gasteiger partial charge in [0.2, 0.25) is 0 Å². The van der Waals surface area contributed by atoms with Gasteiger partial charge in [-0.1, -0.05) is 31.4 Å². The minimum atomic E-state index is -1.43. The standard InChI is InChI=1S/C17H18ClNO5/c1-2-3-4-10-7-14(20)16(15(21)8-10)17(22)12-6-5-11(18)9-13(12)19(23)24/h5-6,9-10,16H,2-4,7-8H2,1H3. The summed E-state index contributed by atoms with van der Waals surface area (Å²) in [5.41, 5.74) is -0.732. The molecule has 1 aliphatic rings. The van der Waals surface area contributed by atoms with Gasteiger partial charge in [0, 0.05) is 23.9 Å². The number of rotatable bonds is 6. The number of carbonyl (C=O) groups is 3. The van der Waals surface area contributed by atoms with Gasteiger partial charge >= 0.3 is 0 Å². The number of unbranched alkanes of at least 4 members (excludes halogenated alkanes) is 1. The smallest absolute Gasteiger partial charge is 0.281 e. The van der Waals surface area contributed by atoms with Gasteiger partial charge in [-0.05, 0) is 24.5 Å². The van der Waals surface area contributed by atoms with E-state index in [9.17, 15) is 24.5 Å². The highest BCUT2D eigenvalue weighted by Crippen LogP contribution is 2.32. The van der Waals surface area contributed by atoms with Crippen molar-refractivity contribution < 1.29 is 19.3 Å². The first-order valence-electron chi connectivity index (χ1n) is 7.88. The fraction of sp³-hybridized carbons (Fsp3) is 0.471. The van der Waals surface area contributed by atoms with Crippen LogP contribution < -0.4 is 0 Å². The Kier molecular flexibility index (Phi) is 5.83. The van der Waals surface area contributed by atoms with Crippen molar-refractivity contribution in [3.63, 3.8) is 0 Å². The van der Waals surface area contributed by atoms with Crippen molar-refractivity contribution in [2.45, 2.75) is 39.0 Å². The van der Waals surface area contributed by atoms with E-state index in [1.54, 1.807) is 0 Å². The van der Waals surface area contributed by atoms with E-state index in [0.29, 0.717) is 0 Å². The van der Waals surface area contributed by atoms with Gasteiger partial charge in [-0.3, -0.25) is 24.5 Å². The van der Waals surface area contributed by atoms with Crippen LogP contribution in [0.5, 0.6) is 0 Å². The van der Waals surface area contributed by atoms with Crippen LogP contribution in [0.1, 0.15) is 49.4 Å². The second-order valence-electron chi connectivity index (χ2n) is 6.06. The van der Waals surface area contributed by atoms with Gasteiger partial charge in [-0.2, -0.15) is 0 Å². The van der Waals surface area contributed by atoms with Crippen molar-refractivity contribution >= 4 is 34.6 Å². The summed E-state index contributed by atoms with van der Waals surface area (Å²) < 4.78 is 0. The Bertz CT molecular complexity index is 682. The van der Waals surface area contributed by atoms with Crippen LogP contribution in [-0.2, 0) is 9.59 Å². The molecule has 128 valence electrons. The van der Waals surface area contributed by atoms with E-state index < -0.39 is 33.9 Å². The van der Waals surface area contributed by atoms with E-state index in [2.05, 4.69) is 0 Å². The number of hydrogen-bond acceptors (Lipinski definition) is 5. The SMILES string of the molecule is CCCCC1CC(=O)C(C(=O)c2ccc(Cl)cc2[N+](=O)[O-])C(=O)C1. The third-order valence-corrected chi connectivity index (χ3v) is 4.51. The second-order valence-corrected chi connectivity index (χ2v) is 6.50. The van der Waals surface area contributed by atoms with E-state index in [0.717, 1.165) is 25.3 Å². The van der Waals surface area contributed by atoms with Crippen molar-refractivity contribution in [3.8, 4) is 0 Å². The summed E-state index contributed by atoms with van der Waals surface area (Å²) >= 11 is 5.73. The fourth-order valence-corrected chi connectivity index (χ4v) is 3.23. The number of nitro groups is 1. The minimum Gasteiger partial charge on any atom is -0.298 e. The number of Topliss-reactive ketones (excluding diaryl/α,β-unsaturated/α-hetero) is 3. The Morgan fingerprint density at radius 2 is 1.92 bits per heavy atom. The maximum atomic E-state index is 12.6. The number of hydrogen-bond donors (Lipinski definition) is 0. The van der Waals surface area contributed by atoms with Gasteiger partial charge in [0.15, 0.2) is 17.3 Å². The first-order valence-corrected chi connectivity index (χ1v) is 8.26. The predicted octanol–water partition coefficient (Wildman–Crippen LogP) is 3.79. The molecule has 24 heavy (non-hydrogen) atoms. The predicted molar refractivity (Wildman–Crippen MR) is 88.2 cm³/mol. The van der Waals surface area contributed by atoms with Crippen LogP contribution in [0.25, 0.3) is 0 Å². The zero-order valence-corrected chi connectivity index (χ0v) is 14.0. The molecule has 1 fully saturated rings. The van der Waals surface area contributed by atoms with Gasteiger partial charge in [0.1, 0.15) is 5.92 Å². The van der Waals surface area contributed by atoms with Crippen LogP contribution in [-0.4, -0.2) is 22.3 Å². The minimum absolute atomic E-state index is 0.0331. The zero-order chi connectivity index (χ0) is 17.9. The lowest BCUT2D eigenvalue weighted by molar-refractivity contribution is -0.385. The molecule has 1 aliphatic carbocycles. The van der Waals surface area contributed by atoms with Crippen LogP contribution in [0, 0.1) is 22.0 Å². The molecule has 0 N–H and O–H groups in total. The van der Waals surface area contributed by atoms with Crippen molar-refractivity contribution in [1.29, 1.82) is 0 Å². The van der Waals surface area contributed by atoms with E-state index in [1.807, 2.05) is 6.92 Å². The number of benzene rings is 1. The summed E-state index contributed by atoms with van der Waals surface area (Å²) in [6.45, 7) is 2.03. The molecule has 0 unspecified atom stereocenters. The third kappa shape index (κ3) is 3.87. The molecule has 6 nitrogen and oxygen atoms in total. The molecule has 1 saturated carbocycles. The lowest BCUT2D eigenvalue weighted by Gasteiger charge is -2.25. The molecule has 0 bridgehead atoms. The molecule has 0 aliphatic heterocycles. The molecule has 0 saturated heterocycles. The Balaban J connectivity index is 2.26. The highest BCUT2D eigenvalue weighted by Gasteiger charge is 2.41. The maximum Gasteiger partial charge on any atom is 0.281 e. The molecule has 0 heterocycles. The molecule has 0 radical (unpaired) electrons. The van der Waals surface area contributed by atoms with E-state index >= 15 is 0 Å². The zero-order valence-electron chi connectivity index (χ0n) is 13.3. The van der Waals surface area contributed by atoms with Crippen LogP contribution in [0.4, 0.5) is 5.69 Å². The Morgan fingerprint density at radius 3 is 2.46 bits per heavy atom. The number of ketones is 3. The van der Waals surface area contributed by atoms with Gasteiger partial charge < -0.3 is 0 Å². The number of halogens is 1. The quantitative estimate of drug-likeness (QED) is 0.336. The summed E-state index contributed by atoms with van der Waals surface area (Å²) in [6, 6.07) is 3.59. The first kappa shape index (κ1) is 18.3. The summed E-state index contributed by atoms with van der Waals surface area (Å²) in [6.07, 6.45) is 3.01. The third-order valence-electron chi connectivity index (χ3n) is 4.27. The summed E-state index contributed by atoms with van der Waals surface area (Å²) in [5.74, 6) is -3.15. The van der Waals surface area contributed by atoms with Crippen molar-refractivity contribution in [3.05, 3.63) is 38.9 Å². The Hall–Kier alpha value is -2.08. The van der Waals surface area contributed by atoms with Gasteiger partial charge in [-0.15, -0.1) is 0 Å². The van der Waals surface area contributed by atoms with Gasteiger partial charge in [0.05, 0.1) is 10.5 Å². The van der Waals surface area contributed by atoms with Crippen molar-refractivity contribution in [2.75, 3.05) is 0 Å². The highest BCUT2D eigenvalue weighted by atomic mass is 35.5. The van der Waals surface area contributed by atoms with E-state index in [-0.39, 0.29) is 29.3 Å². The molecular formula is C17H18ClNO5. The average Bonchev–Trinajstić information content (AvgIpc) is 2.51.